The second kappa shape index (κ2) is 7.91. The third kappa shape index (κ3) is 4.17. The van der Waals surface area contributed by atoms with Crippen molar-refractivity contribution >= 4 is 17.3 Å². The van der Waals surface area contributed by atoms with Crippen molar-refractivity contribution in [3.05, 3.63) is 81.2 Å². The number of hydrogen-bond donors (Lipinski definition) is 1. The monoisotopic (exact) mass is 380 g/mol. The van der Waals surface area contributed by atoms with E-state index >= 15 is 0 Å². The Labute approximate surface area is 161 Å². The van der Waals surface area contributed by atoms with Crippen LogP contribution in [0.1, 0.15) is 27.2 Å². The largest absolute Gasteiger partial charge is 0.489 e. The van der Waals surface area contributed by atoms with Crippen LogP contribution in [0.5, 0.6) is 5.75 Å². The van der Waals surface area contributed by atoms with Crippen LogP contribution >= 0.6 is 0 Å². The summed E-state index contributed by atoms with van der Waals surface area (Å²) in [4.78, 5) is 23.0. The van der Waals surface area contributed by atoms with Crippen molar-refractivity contribution in [2.24, 2.45) is 7.05 Å². The van der Waals surface area contributed by atoms with Gasteiger partial charge in [-0.05, 0) is 43.7 Å². The Kier molecular flexibility index (Phi) is 5.39. The zero-order chi connectivity index (χ0) is 20.3. The maximum absolute atomic E-state index is 12.5. The Morgan fingerprint density at radius 1 is 1.25 bits per heavy atom. The lowest BCUT2D eigenvalue weighted by Crippen LogP contribution is -2.13. The summed E-state index contributed by atoms with van der Waals surface area (Å²) in [7, 11) is 1.81. The molecule has 0 unspecified atom stereocenters. The molecule has 0 saturated carbocycles. The number of benzene rings is 2. The molecule has 8 nitrogen and oxygen atoms in total. The molecule has 2 aromatic carbocycles. The van der Waals surface area contributed by atoms with Crippen molar-refractivity contribution in [2.75, 3.05) is 5.32 Å². The molecule has 1 amide bonds. The van der Waals surface area contributed by atoms with Crippen LogP contribution in [0.2, 0.25) is 0 Å². The van der Waals surface area contributed by atoms with E-state index < -0.39 is 4.92 Å². The third-order valence-corrected chi connectivity index (χ3v) is 4.44. The minimum Gasteiger partial charge on any atom is -0.489 e. The molecule has 1 heterocycles. The number of anilines is 1. The first-order chi connectivity index (χ1) is 13.3. The average Bonchev–Trinajstić information content (AvgIpc) is 2.98. The number of hydrogen-bond acceptors (Lipinski definition) is 5. The number of nitrogens with one attached hydrogen (secondary N) is 1. The van der Waals surface area contributed by atoms with Crippen LogP contribution < -0.4 is 10.1 Å². The van der Waals surface area contributed by atoms with Gasteiger partial charge in [0.05, 0.1) is 22.5 Å². The zero-order valence-corrected chi connectivity index (χ0v) is 15.8. The molecule has 0 aliphatic carbocycles. The maximum atomic E-state index is 12.5. The van der Waals surface area contributed by atoms with Gasteiger partial charge in [-0.1, -0.05) is 12.1 Å². The number of nitro benzene ring substituents is 1. The summed E-state index contributed by atoms with van der Waals surface area (Å²) in [6.45, 7) is 3.78. The Bertz CT molecular complexity index is 1040. The molecule has 0 radical (unpaired) electrons. The number of carbonyl (C=O) groups is 1. The number of nitro groups is 1. The van der Waals surface area contributed by atoms with Gasteiger partial charge in [0.25, 0.3) is 11.6 Å². The smallest absolute Gasteiger partial charge is 0.272 e. The van der Waals surface area contributed by atoms with Crippen LogP contribution in [0, 0.1) is 24.0 Å². The fourth-order valence-corrected chi connectivity index (χ4v) is 2.71. The van der Waals surface area contributed by atoms with Crippen LogP contribution in [0.15, 0.2) is 48.7 Å². The van der Waals surface area contributed by atoms with Crippen molar-refractivity contribution in [2.45, 2.75) is 20.5 Å². The predicted octanol–water partition coefficient (Wildman–Crippen LogP) is 3.78. The second-order valence-electron chi connectivity index (χ2n) is 6.42. The van der Waals surface area contributed by atoms with Crippen molar-refractivity contribution in [3.63, 3.8) is 0 Å². The van der Waals surface area contributed by atoms with E-state index in [-0.39, 0.29) is 18.2 Å². The average molecular weight is 380 g/mol. The highest BCUT2D eigenvalue weighted by molar-refractivity contribution is 6.04. The third-order valence-electron chi connectivity index (χ3n) is 4.44. The first-order valence-corrected chi connectivity index (χ1v) is 8.62. The zero-order valence-electron chi connectivity index (χ0n) is 15.8. The van der Waals surface area contributed by atoms with Gasteiger partial charge < -0.3 is 10.1 Å². The first-order valence-electron chi connectivity index (χ1n) is 8.62. The number of nitrogens with zero attached hydrogens (tertiary/aromatic N) is 3. The molecule has 3 rings (SSSR count). The first kappa shape index (κ1) is 19.1. The molecule has 0 spiro atoms. The molecule has 0 bridgehead atoms. The molecule has 3 aromatic rings. The number of carbonyl (C=O) groups excluding carboxylic acids is 1. The van der Waals surface area contributed by atoms with E-state index in [4.69, 9.17) is 4.74 Å². The Hall–Kier alpha value is -3.68. The van der Waals surface area contributed by atoms with Crippen LogP contribution in [0.4, 0.5) is 11.4 Å². The normalized spacial score (nSPS) is 10.5. The molecule has 0 aliphatic rings. The van der Waals surface area contributed by atoms with E-state index in [1.54, 1.807) is 48.1 Å². The minimum absolute atomic E-state index is 0.0525. The lowest BCUT2D eigenvalue weighted by atomic mass is 10.1. The quantitative estimate of drug-likeness (QED) is 0.518. The van der Waals surface area contributed by atoms with Crippen molar-refractivity contribution in [1.29, 1.82) is 0 Å². The Morgan fingerprint density at radius 2 is 2.04 bits per heavy atom. The van der Waals surface area contributed by atoms with Crippen LogP contribution in [-0.2, 0) is 13.7 Å². The van der Waals surface area contributed by atoms with Crippen molar-refractivity contribution in [3.8, 4) is 5.75 Å². The molecule has 0 aliphatic heterocycles. The number of aryl methyl sites for hydroxylation is 2. The van der Waals surface area contributed by atoms with Crippen molar-refractivity contribution < 1.29 is 14.5 Å². The molecule has 144 valence electrons. The highest BCUT2D eigenvalue weighted by atomic mass is 16.6. The number of aromatic nitrogens is 2. The lowest BCUT2D eigenvalue weighted by molar-refractivity contribution is -0.385. The van der Waals surface area contributed by atoms with Gasteiger partial charge in [-0.3, -0.25) is 19.6 Å². The summed E-state index contributed by atoms with van der Waals surface area (Å²) < 4.78 is 7.40. The lowest BCUT2D eigenvalue weighted by Gasteiger charge is -2.09. The van der Waals surface area contributed by atoms with Gasteiger partial charge in [0.1, 0.15) is 12.4 Å². The summed E-state index contributed by atoms with van der Waals surface area (Å²) in [6, 6.07) is 11.7. The van der Waals surface area contributed by atoms with Crippen LogP contribution in [0.3, 0.4) is 0 Å². The van der Waals surface area contributed by atoms with Gasteiger partial charge >= 0.3 is 0 Å². The van der Waals surface area contributed by atoms with Gasteiger partial charge in [0, 0.05) is 24.2 Å². The topological polar surface area (TPSA) is 99.3 Å². The van der Waals surface area contributed by atoms with Crippen LogP contribution in [-0.4, -0.2) is 20.6 Å². The number of amides is 1. The van der Waals surface area contributed by atoms with Crippen molar-refractivity contribution in [1.82, 2.24) is 9.78 Å². The molecular formula is C20H20N4O4. The molecule has 1 aromatic heterocycles. The van der Waals surface area contributed by atoms with Gasteiger partial charge in [-0.25, -0.2) is 0 Å². The summed E-state index contributed by atoms with van der Waals surface area (Å²) in [5.74, 6) is 0.299. The van der Waals surface area contributed by atoms with E-state index in [9.17, 15) is 14.9 Å². The number of rotatable bonds is 6. The SMILES string of the molecule is Cc1cc(OCc2cccc(C(=O)Nc3cnn(C)c3C)c2)ccc1[N+](=O)[O-]. The fraction of sp³-hybridized carbons (Fsp3) is 0.200. The van der Waals surface area contributed by atoms with Gasteiger partial charge in [0.2, 0.25) is 0 Å². The van der Waals surface area contributed by atoms with Gasteiger partial charge in [-0.2, -0.15) is 5.10 Å². The van der Waals surface area contributed by atoms with E-state index in [0.29, 0.717) is 22.6 Å². The standard InChI is InChI=1S/C20H20N4O4/c1-13-9-17(7-8-19(13)24(26)27)28-12-15-5-4-6-16(10-15)20(25)22-18-11-21-23(3)14(18)2/h4-11H,12H2,1-3H3,(H,22,25). The summed E-state index contributed by atoms with van der Waals surface area (Å²) in [6.07, 6.45) is 1.61. The summed E-state index contributed by atoms with van der Waals surface area (Å²) >= 11 is 0. The highest BCUT2D eigenvalue weighted by Gasteiger charge is 2.12. The fourth-order valence-electron chi connectivity index (χ4n) is 2.71. The van der Waals surface area contributed by atoms with Gasteiger partial charge in [0.15, 0.2) is 0 Å². The molecule has 28 heavy (non-hydrogen) atoms. The molecule has 0 fully saturated rings. The van der Waals surface area contributed by atoms with E-state index in [0.717, 1.165) is 11.3 Å². The molecular weight excluding hydrogens is 360 g/mol. The number of ether oxygens (including phenoxy) is 1. The Morgan fingerprint density at radius 3 is 2.68 bits per heavy atom. The van der Waals surface area contributed by atoms with E-state index in [1.807, 2.05) is 20.0 Å². The second-order valence-corrected chi connectivity index (χ2v) is 6.42. The maximum Gasteiger partial charge on any atom is 0.272 e. The molecule has 0 saturated heterocycles. The Balaban J connectivity index is 1.68. The minimum atomic E-state index is -0.425. The summed E-state index contributed by atoms with van der Waals surface area (Å²) in [5, 5.41) is 17.8. The molecule has 1 N–H and O–H groups in total. The molecule has 8 heteroatoms. The predicted molar refractivity (Wildman–Crippen MR) is 105 cm³/mol. The van der Waals surface area contributed by atoms with Gasteiger partial charge in [-0.15, -0.1) is 0 Å². The van der Waals surface area contributed by atoms with Crippen LogP contribution in [0.25, 0.3) is 0 Å². The molecule has 0 atom stereocenters. The van der Waals surface area contributed by atoms with E-state index in [2.05, 4.69) is 10.4 Å². The van der Waals surface area contributed by atoms with E-state index in [1.165, 1.54) is 6.07 Å². The highest BCUT2D eigenvalue weighted by Crippen LogP contribution is 2.24. The summed E-state index contributed by atoms with van der Waals surface area (Å²) in [5.41, 5.74) is 3.42.